The number of benzene rings is 1. The van der Waals surface area contributed by atoms with Crippen molar-refractivity contribution < 1.29 is 13.2 Å². The first kappa shape index (κ1) is 17.3. The van der Waals surface area contributed by atoms with Crippen molar-refractivity contribution >= 4 is 44.8 Å². The first-order valence-electron chi connectivity index (χ1n) is 6.46. The number of nitrogens with zero attached hydrogens (tertiary/aromatic N) is 1. The lowest BCUT2D eigenvalue weighted by Crippen LogP contribution is -2.36. The molecule has 1 aliphatic rings. The summed E-state index contributed by atoms with van der Waals surface area (Å²) < 4.78 is 32.1. The maximum atomic E-state index is 12.8. The van der Waals surface area contributed by atoms with Crippen LogP contribution in [-0.4, -0.2) is 39.0 Å². The highest BCUT2D eigenvalue weighted by atomic mass is 35.5. The number of alkyl halides is 1. The molecular weight excluding hydrogens is 357 g/mol. The maximum absolute atomic E-state index is 12.8. The number of ether oxygens (including phenoxy) is 1. The van der Waals surface area contributed by atoms with Gasteiger partial charge in [-0.05, 0) is 30.5 Å². The predicted molar refractivity (Wildman–Crippen MR) is 84.8 cm³/mol. The van der Waals surface area contributed by atoms with E-state index in [9.17, 15) is 8.42 Å². The van der Waals surface area contributed by atoms with E-state index in [1.165, 1.54) is 17.5 Å². The fourth-order valence-corrected chi connectivity index (χ4v) is 4.93. The second-order valence-electron chi connectivity index (χ2n) is 4.85. The third kappa shape index (κ3) is 3.84. The molecule has 0 unspecified atom stereocenters. The highest BCUT2D eigenvalue weighted by Crippen LogP contribution is 2.36. The molecule has 0 heterocycles. The molecule has 21 heavy (non-hydrogen) atoms. The van der Waals surface area contributed by atoms with E-state index in [1.54, 1.807) is 6.07 Å². The largest absolute Gasteiger partial charge is 0.383 e. The molecule has 0 amide bonds. The predicted octanol–water partition coefficient (Wildman–Crippen LogP) is 3.53. The van der Waals surface area contributed by atoms with Crippen LogP contribution in [0.5, 0.6) is 0 Å². The molecule has 1 fully saturated rings. The van der Waals surface area contributed by atoms with Crippen molar-refractivity contribution in [2.24, 2.45) is 0 Å². The monoisotopic (exact) mass is 371 g/mol. The number of halogens is 3. The van der Waals surface area contributed by atoms with Gasteiger partial charge in [0.05, 0.1) is 11.6 Å². The lowest BCUT2D eigenvalue weighted by atomic mass is 10.2. The molecule has 118 valence electrons. The van der Waals surface area contributed by atoms with Gasteiger partial charge >= 0.3 is 0 Å². The number of hydrogen-bond donors (Lipinski definition) is 0. The normalized spacial score (nSPS) is 15.7. The Morgan fingerprint density at radius 2 is 2.00 bits per heavy atom. The molecule has 0 aromatic heterocycles. The topological polar surface area (TPSA) is 46.6 Å². The summed E-state index contributed by atoms with van der Waals surface area (Å²) in [5.41, 5.74) is 0.506. The molecule has 1 aliphatic carbocycles. The average Bonchev–Trinajstić information content (AvgIpc) is 3.25. The lowest BCUT2D eigenvalue weighted by molar-refractivity contribution is 0.177. The Hall–Kier alpha value is -0.0400. The molecule has 0 spiro atoms. The standard InChI is InChI=1S/C13H16Cl3NO3S/c1-20-5-4-17(11-2-3-11)21(18,19)12-7-10(15)6-9(8-14)13(12)16/h6-7,11H,2-5,8H2,1H3. The summed E-state index contributed by atoms with van der Waals surface area (Å²) in [5.74, 6) is 0.101. The third-order valence-electron chi connectivity index (χ3n) is 3.28. The first-order chi connectivity index (χ1) is 9.91. The fraction of sp³-hybridized carbons (Fsp3) is 0.538. The van der Waals surface area contributed by atoms with E-state index in [-0.39, 0.29) is 21.8 Å². The van der Waals surface area contributed by atoms with Gasteiger partial charge in [0.25, 0.3) is 0 Å². The molecule has 0 radical (unpaired) electrons. The number of rotatable bonds is 7. The van der Waals surface area contributed by atoms with Crippen molar-refractivity contribution in [3.63, 3.8) is 0 Å². The van der Waals surface area contributed by atoms with Crippen molar-refractivity contribution in [1.29, 1.82) is 0 Å². The Balaban J connectivity index is 2.44. The SMILES string of the molecule is COCCN(C1CC1)S(=O)(=O)c1cc(Cl)cc(CCl)c1Cl. The molecule has 8 heteroatoms. The van der Waals surface area contributed by atoms with Gasteiger partial charge in [-0.15, -0.1) is 11.6 Å². The highest BCUT2D eigenvalue weighted by molar-refractivity contribution is 7.89. The molecule has 1 aromatic rings. The molecule has 0 aliphatic heterocycles. The second-order valence-corrected chi connectivity index (χ2v) is 7.79. The molecular formula is C13H16Cl3NO3S. The van der Waals surface area contributed by atoms with Crippen LogP contribution in [0, 0.1) is 0 Å². The van der Waals surface area contributed by atoms with Crippen LogP contribution >= 0.6 is 34.8 Å². The molecule has 0 bridgehead atoms. The van der Waals surface area contributed by atoms with E-state index in [1.807, 2.05) is 0 Å². The summed E-state index contributed by atoms with van der Waals surface area (Å²) in [5, 5.41) is 0.439. The van der Waals surface area contributed by atoms with Gasteiger partial charge in [0.2, 0.25) is 10.0 Å². The van der Waals surface area contributed by atoms with Gasteiger partial charge in [0, 0.05) is 30.6 Å². The highest BCUT2D eigenvalue weighted by Gasteiger charge is 2.39. The van der Waals surface area contributed by atoms with E-state index >= 15 is 0 Å². The Morgan fingerprint density at radius 3 is 2.52 bits per heavy atom. The average molecular weight is 373 g/mol. The molecule has 4 nitrogen and oxygen atoms in total. The Kier molecular flexibility index (Phi) is 5.79. The summed E-state index contributed by atoms with van der Waals surface area (Å²) in [6.45, 7) is 0.624. The summed E-state index contributed by atoms with van der Waals surface area (Å²) in [6, 6.07) is 2.96. The van der Waals surface area contributed by atoms with E-state index in [0.717, 1.165) is 12.8 Å². The summed E-state index contributed by atoms with van der Waals surface area (Å²) in [6.07, 6.45) is 1.70. The van der Waals surface area contributed by atoms with Crippen molar-refractivity contribution in [1.82, 2.24) is 4.31 Å². The minimum Gasteiger partial charge on any atom is -0.383 e. The Bertz CT molecular complexity index is 617. The zero-order valence-corrected chi connectivity index (χ0v) is 14.6. The van der Waals surface area contributed by atoms with Gasteiger partial charge in [-0.1, -0.05) is 23.2 Å². The Morgan fingerprint density at radius 1 is 1.33 bits per heavy atom. The quantitative estimate of drug-likeness (QED) is 0.688. The molecule has 1 saturated carbocycles. The van der Waals surface area contributed by atoms with Crippen LogP contribution in [0.15, 0.2) is 17.0 Å². The smallest absolute Gasteiger partial charge is 0.244 e. The number of hydrogen-bond acceptors (Lipinski definition) is 3. The molecule has 2 rings (SSSR count). The van der Waals surface area contributed by atoms with Gasteiger partial charge in [-0.2, -0.15) is 4.31 Å². The van der Waals surface area contributed by atoms with Crippen molar-refractivity contribution in [2.45, 2.75) is 29.7 Å². The van der Waals surface area contributed by atoms with Crippen LogP contribution < -0.4 is 0 Å². The minimum absolute atomic E-state index is 0.00956. The number of methoxy groups -OCH3 is 1. The molecule has 0 atom stereocenters. The molecule has 0 N–H and O–H groups in total. The van der Waals surface area contributed by atoms with E-state index in [2.05, 4.69) is 0 Å². The van der Waals surface area contributed by atoms with E-state index in [0.29, 0.717) is 23.7 Å². The van der Waals surface area contributed by atoms with Gasteiger partial charge in [-0.25, -0.2) is 8.42 Å². The summed E-state index contributed by atoms with van der Waals surface area (Å²) in [7, 11) is -2.18. The van der Waals surface area contributed by atoms with Gasteiger partial charge in [0.15, 0.2) is 0 Å². The Labute approximate surface area is 140 Å². The summed E-state index contributed by atoms with van der Waals surface area (Å²) >= 11 is 18.0. The van der Waals surface area contributed by atoms with Crippen molar-refractivity contribution in [2.75, 3.05) is 20.3 Å². The third-order valence-corrected chi connectivity index (χ3v) is 6.32. The van der Waals surface area contributed by atoms with E-state index in [4.69, 9.17) is 39.5 Å². The first-order valence-corrected chi connectivity index (χ1v) is 9.19. The van der Waals surface area contributed by atoms with Crippen LogP contribution in [0.2, 0.25) is 10.0 Å². The van der Waals surface area contributed by atoms with Crippen LogP contribution in [0.4, 0.5) is 0 Å². The van der Waals surface area contributed by atoms with Crippen LogP contribution in [0.3, 0.4) is 0 Å². The minimum atomic E-state index is -3.72. The molecule has 1 aromatic carbocycles. The molecule has 0 saturated heterocycles. The van der Waals surface area contributed by atoms with Crippen LogP contribution in [0.25, 0.3) is 0 Å². The zero-order valence-electron chi connectivity index (χ0n) is 11.5. The lowest BCUT2D eigenvalue weighted by Gasteiger charge is -2.22. The second kappa shape index (κ2) is 7.02. The van der Waals surface area contributed by atoms with Crippen LogP contribution in [-0.2, 0) is 20.6 Å². The van der Waals surface area contributed by atoms with Crippen LogP contribution in [0.1, 0.15) is 18.4 Å². The van der Waals surface area contributed by atoms with Crippen molar-refractivity contribution in [3.05, 3.63) is 27.7 Å². The number of sulfonamides is 1. The van der Waals surface area contributed by atoms with Gasteiger partial charge in [-0.3, -0.25) is 0 Å². The maximum Gasteiger partial charge on any atom is 0.244 e. The van der Waals surface area contributed by atoms with Crippen molar-refractivity contribution in [3.8, 4) is 0 Å². The summed E-state index contributed by atoms with van der Waals surface area (Å²) in [4.78, 5) is 0.00956. The fourth-order valence-electron chi connectivity index (χ4n) is 2.07. The zero-order chi connectivity index (χ0) is 15.6. The van der Waals surface area contributed by atoms with Gasteiger partial charge in [0.1, 0.15) is 4.90 Å². The van der Waals surface area contributed by atoms with E-state index < -0.39 is 10.0 Å². The van der Waals surface area contributed by atoms with Gasteiger partial charge < -0.3 is 4.74 Å².